The molecule has 0 spiro atoms. The van der Waals surface area contributed by atoms with Gasteiger partial charge in [-0.3, -0.25) is 0 Å². The number of ether oxygens (including phenoxy) is 1. The zero-order chi connectivity index (χ0) is 15.2. The highest BCUT2D eigenvalue weighted by atomic mass is 16.5. The lowest BCUT2D eigenvalue weighted by molar-refractivity contribution is 0.0696. The summed E-state index contributed by atoms with van der Waals surface area (Å²) in [6.45, 7) is 2.95. The maximum absolute atomic E-state index is 11.8. The molecular weight excluding hydrogens is 272 g/mol. The molecule has 21 heavy (non-hydrogen) atoms. The molecule has 2 unspecified atom stereocenters. The summed E-state index contributed by atoms with van der Waals surface area (Å²) >= 11 is 0. The van der Waals surface area contributed by atoms with Crippen LogP contribution < -0.4 is 10.6 Å². The van der Waals surface area contributed by atoms with Crippen molar-refractivity contribution in [1.29, 1.82) is 0 Å². The molecule has 1 aromatic rings. The van der Waals surface area contributed by atoms with Crippen molar-refractivity contribution in [2.45, 2.75) is 38.5 Å². The number of carboxylic acid groups (broad SMARTS) is 1. The van der Waals surface area contributed by atoms with Crippen LogP contribution in [0, 0.1) is 0 Å². The first-order valence-corrected chi connectivity index (χ1v) is 7.04. The van der Waals surface area contributed by atoms with Gasteiger partial charge in [-0.05, 0) is 37.5 Å². The van der Waals surface area contributed by atoms with E-state index in [1.54, 1.807) is 18.2 Å². The van der Waals surface area contributed by atoms with Crippen molar-refractivity contribution < 1.29 is 19.4 Å². The molecule has 2 amide bonds. The molecule has 1 saturated heterocycles. The smallest absolute Gasteiger partial charge is 0.335 e. The summed E-state index contributed by atoms with van der Waals surface area (Å²) in [5, 5.41) is 14.5. The maximum Gasteiger partial charge on any atom is 0.335 e. The second-order valence-corrected chi connectivity index (χ2v) is 5.17. The molecule has 0 saturated carbocycles. The Balaban J connectivity index is 1.80. The predicted molar refractivity (Wildman–Crippen MR) is 77.2 cm³/mol. The van der Waals surface area contributed by atoms with Gasteiger partial charge >= 0.3 is 12.0 Å². The third-order valence-electron chi connectivity index (χ3n) is 3.51. The van der Waals surface area contributed by atoms with Crippen LogP contribution in [0.3, 0.4) is 0 Å². The molecule has 0 aromatic heterocycles. The van der Waals surface area contributed by atoms with Gasteiger partial charge in [0.25, 0.3) is 0 Å². The molecule has 2 rings (SSSR count). The van der Waals surface area contributed by atoms with Crippen LogP contribution in [0.15, 0.2) is 24.3 Å². The highest BCUT2D eigenvalue weighted by molar-refractivity contribution is 5.87. The molecule has 3 N–H and O–H groups in total. The molecule has 1 heterocycles. The fourth-order valence-corrected chi connectivity index (χ4v) is 2.34. The second-order valence-electron chi connectivity index (χ2n) is 5.17. The Hall–Kier alpha value is -2.08. The molecule has 1 fully saturated rings. The number of amides is 2. The predicted octanol–water partition coefficient (Wildman–Crippen LogP) is 1.75. The van der Waals surface area contributed by atoms with Crippen LogP contribution in [0.25, 0.3) is 0 Å². The van der Waals surface area contributed by atoms with Crippen molar-refractivity contribution in [3.63, 3.8) is 0 Å². The SMILES string of the molecule is CC(NC(=O)NCc1cccc(C(=O)O)c1)C1CCCO1. The van der Waals surface area contributed by atoms with Crippen LogP contribution in [0.5, 0.6) is 0 Å². The third-order valence-corrected chi connectivity index (χ3v) is 3.51. The molecule has 0 bridgehead atoms. The summed E-state index contributed by atoms with van der Waals surface area (Å²) < 4.78 is 5.51. The second kappa shape index (κ2) is 7.08. The Morgan fingerprint density at radius 1 is 1.48 bits per heavy atom. The minimum atomic E-state index is -0.978. The number of aromatic carboxylic acids is 1. The standard InChI is InChI=1S/C15H20N2O4/c1-10(13-6-3-7-21-13)17-15(20)16-9-11-4-2-5-12(8-11)14(18)19/h2,4-5,8,10,13H,3,6-7,9H2,1H3,(H,18,19)(H2,16,17,20). The zero-order valence-electron chi connectivity index (χ0n) is 12.0. The van der Waals surface area contributed by atoms with Crippen LogP contribution >= 0.6 is 0 Å². The molecule has 6 heteroatoms. The summed E-state index contributed by atoms with van der Waals surface area (Å²) in [5.41, 5.74) is 0.956. The average molecular weight is 292 g/mol. The van der Waals surface area contributed by atoms with E-state index in [1.807, 2.05) is 6.92 Å². The number of benzene rings is 1. The molecular formula is C15H20N2O4. The van der Waals surface area contributed by atoms with E-state index >= 15 is 0 Å². The largest absolute Gasteiger partial charge is 0.478 e. The van der Waals surface area contributed by atoms with E-state index in [9.17, 15) is 9.59 Å². The van der Waals surface area contributed by atoms with Crippen LogP contribution in [0.1, 0.15) is 35.7 Å². The van der Waals surface area contributed by atoms with Crippen molar-refractivity contribution in [2.24, 2.45) is 0 Å². The lowest BCUT2D eigenvalue weighted by Crippen LogP contribution is -2.45. The highest BCUT2D eigenvalue weighted by Crippen LogP contribution is 2.15. The van der Waals surface area contributed by atoms with E-state index in [2.05, 4.69) is 10.6 Å². The van der Waals surface area contributed by atoms with Gasteiger partial charge in [0.05, 0.1) is 17.7 Å². The lowest BCUT2D eigenvalue weighted by Gasteiger charge is -2.20. The van der Waals surface area contributed by atoms with Crippen molar-refractivity contribution in [3.8, 4) is 0 Å². The Morgan fingerprint density at radius 3 is 2.95 bits per heavy atom. The topological polar surface area (TPSA) is 87.7 Å². The first kappa shape index (κ1) is 15.3. The van der Waals surface area contributed by atoms with Crippen molar-refractivity contribution in [1.82, 2.24) is 10.6 Å². The van der Waals surface area contributed by atoms with Gasteiger partial charge in [-0.2, -0.15) is 0 Å². The van der Waals surface area contributed by atoms with Crippen molar-refractivity contribution >= 4 is 12.0 Å². The number of hydrogen-bond acceptors (Lipinski definition) is 3. The quantitative estimate of drug-likeness (QED) is 0.771. The minimum Gasteiger partial charge on any atom is -0.478 e. The zero-order valence-corrected chi connectivity index (χ0v) is 12.0. The van der Waals surface area contributed by atoms with Gasteiger partial charge in [0.2, 0.25) is 0 Å². The number of carbonyl (C=O) groups excluding carboxylic acids is 1. The number of urea groups is 1. The Morgan fingerprint density at radius 2 is 2.29 bits per heavy atom. The van der Waals surface area contributed by atoms with Gasteiger partial charge < -0.3 is 20.5 Å². The molecule has 114 valence electrons. The van der Waals surface area contributed by atoms with Gasteiger partial charge in [0.1, 0.15) is 0 Å². The van der Waals surface area contributed by atoms with Gasteiger partial charge in [-0.1, -0.05) is 12.1 Å². The van der Waals surface area contributed by atoms with Crippen LogP contribution in [0.4, 0.5) is 4.79 Å². The van der Waals surface area contributed by atoms with E-state index in [0.29, 0.717) is 0 Å². The van der Waals surface area contributed by atoms with Crippen molar-refractivity contribution in [3.05, 3.63) is 35.4 Å². The molecule has 6 nitrogen and oxygen atoms in total. The molecule has 0 aliphatic carbocycles. The number of nitrogens with one attached hydrogen (secondary N) is 2. The van der Waals surface area contributed by atoms with Crippen LogP contribution in [-0.4, -0.2) is 35.9 Å². The summed E-state index contributed by atoms with van der Waals surface area (Å²) in [7, 11) is 0. The first-order valence-electron chi connectivity index (χ1n) is 7.04. The lowest BCUT2D eigenvalue weighted by atomic mass is 10.1. The van der Waals surface area contributed by atoms with Gasteiger partial charge in [0.15, 0.2) is 0 Å². The molecule has 0 radical (unpaired) electrons. The van der Waals surface area contributed by atoms with E-state index in [1.165, 1.54) is 6.07 Å². The highest BCUT2D eigenvalue weighted by Gasteiger charge is 2.23. The Kier molecular flexibility index (Phi) is 5.16. The first-order chi connectivity index (χ1) is 10.1. The third kappa shape index (κ3) is 4.46. The van der Waals surface area contributed by atoms with E-state index in [4.69, 9.17) is 9.84 Å². The molecule has 1 aliphatic rings. The molecule has 2 atom stereocenters. The summed E-state index contributed by atoms with van der Waals surface area (Å²) in [4.78, 5) is 22.7. The Labute approximate surface area is 123 Å². The average Bonchev–Trinajstić information content (AvgIpc) is 2.99. The summed E-state index contributed by atoms with van der Waals surface area (Å²) in [6.07, 6.45) is 2.06. The van der Waals surface area contributed by atoms with Crippen molar-refractivity contribution in [2.75, 3.05) is 6.61 Å². The minimum absolute atomic E-state index is 0.0437. The summed E-state index contributed by atoms with van der Waals surface area (Å²) in [5.74, 6) is -0.978. The van der Waals surface area contributed by atoms with Gasteiger partial charge in [-0.15, -0.1) is 0 Å². The Bertz CT molecular complexity index is 512. The van der Waals surface area contributed by atoms with Gasteiger partial charge in [-0.25, -0.2) is 9.59 Å². The molecule has 1 aromatic carbocycles. The van der Waals surface area contributed by atoms with E-state index < -0.39 is 5.97 Å². The normalized spacial score (nSPS) is 19.0. The number of hydrogen-bond donors (Lipinski definition) is 3. The molecule has 1 aliphatic heterocycles. The van der Waals surface area contributed by atoms with E-state index in [-0.39, 0.29) is 30.3 Å². The number of carbonyl (C=O) groups is 2. The van der Waals surface area contributed by atoms with E-state index in [0.717, 1.165) is 25.0 Å². The van der Waals surface area contributed by atoms with Crippen LogP contribution in [0.2, 0.25) is 0 Å². The fraction of sp³-hybridized carbons (Fsp3) is 0.467. The van der Waals surface area contributed by atoms with Gasteiger partial charge in [0, 0.05) is 13.2 Å². The fourth-order valence-electron chi connectivity index (χ4n) is 2.34. The monoisotopic (exact) mass is 292 g/mol. The number of carboxylic acids is 1. The summed E-state index contributed by atoms with van der Waals surface area (Å²) in [6, 6.07) is 6.18. The van der Waals surface area contributed by atoms with Crippen LogP contribution in [-0.2, 0) is 11.3 Å². The maximum atomic E-state index is 11.8. The number of rotatable bonds is 5.